The highest BCUT2D eigenvalue weighted by Crippen LogP contribution is 2.46. The van der Waals surface area contributed by atoms with Crippen molar-refractivity contribution >= 4 is 40.8 Å². The van der Waals surface area contributed by atoms with Crippen LogP contribution < -0.4 is 10.2 Å². The van der Waals surface area contributed by atoms with Gasteiger partial charge in [-0.25, -0.2) is 4.90 Å². The molecular formula is C39H29N3O5. The SMILES string of the molecule is Cc1ccc(NC(=O)c2cccc(N3C(=O)c4ccc(C(=O)N5[C@@H](C(=O)c6ccccc6)[C@@H]5c5ccccc5)cc4C3=O)c2)cc1C. The number of hydrogen-bond donors (Lipinski definition) is 1. The summed E-state index contributed by atoms with van der Waals surface area (Å²) in [7, 11) is 0. The van der Waals surface area contributed by atoms with Gasteiger partial charge in [0.1, 0.15) is 6.04 Å². The van der Waals surface area contributed by atoms with Crippen LogP contribution in [0, 0.1) is 13.8 Å². The summed E-state index contributed by atoms with van der Waals surface area (Å²) in [5.74, 6) is -2.13. The molecule has 2 aliphatic rings. The summed E-state index contributed by atoms with van der Waals surface area (Å²) in [4.78, 5) is 70.2. The molecule has 7 rings (SSSR count). The minimum atomic E-state index is -0.702. The number of Topliss-reactive ketones (excluding diaryl/α,β-unsaturated/α-hetero) is 1. The Bertz CT molecular complexity index is 2110. The molecule has 230 valence electrons. The number of imide groups is 1. The van der Waals surface area contributed by atoms with Crippen LogP contribution in [-0.2, 0) is 0 Å². The Morgan fingerprint density at radius 1 is 0.617 bits per heavy atom. The van der Waals surface area contributed by atoms with E-state index >= 15 is 0 Å². The van der Waals surface area contributed by atoms with Gasteiger partial charge in [-0.1, -0.05) is 72.8 Å². The molecule has 0 aliphatic carbocycles. The zero-order valence-corrected chi connectivity index (χ0v) is 25.6. The molecule has 1 fully saturated rings. The van der Waals surface area contributed by atoms with Crippen molar-refractivity contribution in [2.24, 2.45) is 0 Å². The maximum absolute atomic E-state index is 13.9. The van der Waals surface area contributed by atoms with Crippen LogP contribution in [0.3, 0.4) is 0 Å². The Labute approximate surface area is 271 Å². The molecule has 1 N–H and O–H groups in total. The maximum Gasteiger partial charge on any atom is 0.266 e. The highest BCUT2D eigenvalue weighted by Gasteiger charge is 2.56. The van der Waals surface area contributed by atoms with Gasteiger partial charge in [-0.15, -0.1) is 0 Å². The maximum atomic E-state index is 13.9. The molecule has 4 amide bonds. The quantitative estimate of drug-likeness (QED) is 0.123. The molecule has 2 aliphatic heterocycles. The zero-order chi connectivity index (χ0) is 32.8. The van der Waals surface area contributed by atoms with E-state index in [-0.39, 0.29) is 39.6 Å². The van der Waals surface area contributed by atoms with Crippen LogP contribution in [0.1, 0.15) is 74.5 Å². The zero-order valence-electron chi connectivity index (χ0n) is 25.6. The van der Waals surface area contributed by atoms with Gasteiger partial charge in [0.15, 0.2) is 5.78 Å². The van der Waals surface area contributed by atoms with Gasteiger partial charge in [-0.2, -0.15) is 0 Å². The molecule has 0 aromatic heterocycles. The van der Waals surface area contributed by atoms with Crippen molar-refractivity contribution in [2.75, 3.05) is 10.2 Å². The topological polar surface area (TPSA) is 104 Å². The van der Waals surface area contributed by atoms with Gasteiger partial charge in [0.05, 0.1) is 22.9 Å². The second-order valence-corrected chi connectivity index (χ2v) is 11.8. The molecule has 0 unspecified atom stereocenters. The van der Waals surface area contributed by atoms with Crippen molar-refractivity contribution in [2.45, 2.75) is 25.9 Å². The molecule has 47 heavy (non-hydrogen) atoms. The lowest BCUT2D eigenvalue weighted by Gasteiger charge is -2.15. The van der Waals surface area contributed by atoms with Gasteiger partial charge in [0.25, 0.3) is 23.6 Å². The van der Waals surface area contributed by atoms with E-state index < -0.39 is 29.8 Å². The number of amides is 4. The average molecular weight is 620 g/mol. The number of carbonyl (C=O) groups excluding carboxylic acids is 5. The van der Waals surface area contributed by atoms with Gasteiger partial charge < -0.3 is 10.2 Å². The lowest BCUT2D eigenvalue weighted by Crippen LogP contribution is -2.29. The second kappa shape index (κ2) is 11.7. The van der Waals surface area contributed by atoms with Crippen molar-refractivity contribution in [3.63, 3.8) is 0 Å². The fourth-order valence-electron chi connectivity index (χ4n) is 6.09. The minimum absolute atomic E-state index is 0.0786. The van der Waals surface area contributed by atoms with E-state index in [1.165, 1.54) is 29.2 Å². The first-order valence-electron chi connectivity index (χ1n) is 15.2. The molecule has 0 radical (unpaired) electrons. The van der Waals surface area contributed by atoms with E-state index in [1.54, 1.807) is 42.5 Å². The summed E-state index contributed by atoms with van der Waals surface area (Å²) in [6, 6.07) is 33.3. The third kappa shape index (κ3) is 5.29. The standard InChI is InChI=1S/C39H29N3O5/c1-23-16-18-29(20-24(23)2)40-36(44)27-14-9-15-30(21-27)41-38(46)31-19-17-28(22-32(31)39(41)47)37(45)42-33(25-10-5-3-6-11-25)34(42)35(43)26-12-7-4-8-13-26/h3-22,33-34H,1-2H3,(H,40,44)/t33-,34+,42?/m0/s1. The van der Waals surface area contributed by atoms with Crippen LogP contribution in [0.25, 0.3) is 0 Å². The molecule has 5 aromatic carbocycles. The summed E-state index contributed by atoms with van der Waals surface area (Å²) >= 11 is 0. The van der Waals surface area contributed by atoms with Gasteiger partial charge in [0.2, 0.25) is 0 Å². The molecular weight excluding hydrogens is 590 g/mol. The number of ketones is 1. The van der Waals surface area contributed by atoms with Gasteiger partial charge >= 0.3 is 0 Å². The number of nitrogens with one attached hydrogen (secondary N) is 1. The van der Waals surface area contributed by atoms with Crippen molar-refractivity contribution in [1.29, 1.82) is 0 Å². The Kier molecular flexibility index (Phi) is 7.33. The molecule has 1 saturated heterocycles. The number of benzene rings is 5. The van der Waals surface area contributed by atoms with E-state index in [0.717, 1.165) is 21.6 Å². The molecule has 8 nitrogen and oxygen atoms in total. The van der Waals surface area contributed by atoms with Crippen LogP contribution >= 0.6 is 0 Å². The van der Waals surface area contributed by atoms with E-state index in [0.29, 0.717) is 11.3 Å². The first kappa shape index (κ1) is 29.6. The van der Waals surface area contributed by atoms with Crippen molar-refractivity contribution in [3.8, 4) is 0 Å². The monoisotopic (exact) mass is 619 g/mol. The van der Waals surface area contributed by atoms with Crippen molar-refractivity contribution < 1.29 is 24.0 Å². The molecule has 0 saturated carbocycles. The highest BCUT2D eigenvalue weighted by atomic mass is 16.2. The molecule has 2 heterocycles. The minimum Gasteiger partial charge on any atom is -0.322 e. The number of carbonyl (C=O) groups is 5. The number of aryl methyl sites for hydroxylation is 2. The average Bonchev–Trinajstić information content (AvgIpc) is 3.80. The summed E-state index contributed by atoms with van der Waals surface area (Å²) in [5.41, 5.74) is 5.04. The largest absolute Gasteiger partial charge is 0.322 e. The Morgan fingerprint density at radius 3 is 2.02 bits per heavy atom. The molecule has 8 heteroatoms. The van der Waals surface area contributed by atoms with E-state index in [4.69, 9.17) is 0 Å². The third-order valence-corrected chi connectivity index (χ3v) is 8.78. The summed E-state index contributed by atoms with van der Waals surface area (Å²) < 4.78 is 0. The summed E-state index contributed by atoms with van der Waals surface area (Å²) in [6.07, 6.45) is 0. The first-order valence-corrected chi connectivity index (χ1v) is 15.2. The Balaban J connectivity index is 1.14. The second-order valence-electron chi connectivity index (χ2n) is 11.8. The predicted molar refractivity (Wildman–Crippen MR) is 178 cm³/mol. The number of anilines is 2. The third-order valence-electron chi connectivity index (χ3n) is 8.78. The smallest absolute Gasteiger partial charge is 0.266 e. The lowest BCUT2D eigenvalue weighted by molar-refractivity contribution is 0.0833. The van der Waals surface area contributed by atoms with Crippen molar-refractivity contribution in [1.82, 2.24) is 4.90 Å². The molecule has 0 bridgehead atoms. The number of rotatable bonds is 7. The van der Waals surface area contributed by atoms with E-state index in [1.807, 2.05) is 68.4 Å². The number of hydrogen-bond acceptors (Lipinski definition) is 5. The number of nitrogens with zero attached hydrogens (tertiary/aromatic N) is 2. The fraction of sp³-hybridized carbons (Fsp3) is 0.103. The highest BCUT2D eigenvalue weighted by molar-refractivity contribution is 6.35. The number of fused-ring (bicyclic) bond motifs is 1. The van der Waals surface area contributed by atoms with Gasteiger partial charge in [0, 0.05) is 22.4 Å². The van der Waals surface area contributed by atoms with Crippen LogP contribution in [0.15, 0.2) is 121 Å². The Hall–Kier alpha value is -6.15. The predicted octanol–water partition coefficient (Wildman–Crippen LogP) is 6.80. The van der Waals surface area contributed by atoms with Gasteiger partial charge in [-0.3, -0.25) is 24.0 Å². The van der Waals surface area contributed by atoms with Gasteiger partial charge in [-0.05, 0) is 79.1 Å². The summed E-state index contributed by atoms with van der Waals surface area (Å²) in [5, 5.41) is 2.86. The summed E-state index contributed by atoms with van der Waals surface area (Å²) in [6.45, 7) is 3.94. The van der Waals surface area contributed by atoms with Crippen LogP contribution in [0.2, 0.25) is 0 Å². The van der Waals surface area contributed by atoms with Crippen LogP contribution in [-0.4, -0.2) is 40.4 Å². The van der Waals surface area contributed by atoms with E-state index in [2.05, 4.69) is 5.32 Å². The lowest BCUT2D eigenvalue weighted by atomic mass is 10.0. The molecule has 2 atom stereocenters. The van der Waals surface area contributed by atoms with Crippen LogP contribution in [0.5, 0.6) is 0 Å². The first-order chi connectivity index (χ1) is 22.7. The fourth-order valence-corrected chi connectivity index (χ4v) is 6.09. The normalized spacial score (nSPS) is 16.6. The van der Waals surface area contributed by atoms with Crippen molar-refractivity contribution in [3.05, 3.63) is 166 Å². The Morgan fingerprint density at radius 2 is 1.30 bits per heavy atom. The van der Waals surface area contributed by atoms with E-state index in [9.17, 15) is 24.0 Å². The molecule has 0 spiro atoms. The molecule has 5 aromatic rings. The van der Waals surface area contributed by atoms with Crippen LogP contribution in [0.4, 0.5) is 11.4 Å².